The number of likely N-dealkylation sites (tertiary alicyclic amines) is 1. The third kappa shape index (κ3) is 3.66. The van der Waals surface area contributed by atoms with E-state index in [1.165, 1.54) is 0 Å². The molecule has 0 aliphatic carbocycles. The Morgan fingerprint density at radius 2 is 1.75 bits per heavy atom. The van der Waals surface area contributed by atoms with Crippen molar-refractivity contribution in [2.24, 2.45) is 0 Å². The molecule has 2 nitrogen and oxygen atoms in total. The van der Waals surface area contributed by atoms with E-state index in [1.54, 1.807) is 0 Å². The number of hydrogen-bond donors (Lipinski definition) is 1. The van der Waals surface area contributed by atoms with Gasteiger partial charge in [-0.05, 0) is 39.7 Å². The van der Waals surface area contributed by atoms with E-state index in [4.69, 9.17) is 0 Å². The van der Waals surface area contributed by atoms with Gasteiger partial charge < -0.3 is 10.2 Å². The monoisotopic (exact) mass is 286 g/mol. The maximum Gasteiger partial charge on any atom is 0.161 e. The highest BCUT2D eigenvalue weighted by molar-refractivity contribution is 5.46. The lowest BCUT2D eigenvalue weighted by Gasteiger charge is -2.24. The summed E-state index contributed by atoms with van der Waals surface area (Å²) in [5.74, 6) is -2.92. The van der Waals surface area contributed by atoms with Crippen molar-refractivity contribution in [1.82, 2.24) is 4.90 Å². The van der Waals surface area contributed by atoms with E-state index < -0.39 is 17.5 Å². The van der Waals surface area contributed by atoms with Crippen molar-refractivity contribution in [3.8, 4) is 0 Å². The maximum absolute atomic E-state index is 13.6. The normalized spacial score (nSPS) is 21.0. The van der Waals surface area contributed by atoms with E-state index in [-0.39, 0.29) is 11.7 Å². The molecule has 1 heterocycles. The summed E-state index contributed by atoms with van der Waals surface area (Å²) >= 11 is 0. The van der Waals surface area contributed by atoms with Crippen molar-refractivity contribution in [3.05, 3.63) is 29.6 Å². The van der Waals surface area contributed by atoms with E-state index in [0.717, 1.165) is 38.4 Å². The zero-order valence-corrected chi connectivity index (χ0v) is 11.9. The van der Waals surface area contributed by atoms with Crippen LogP contribution in [-0.4, -0.2) is 30.1 Å². The van der Waals surface area contributed by atoms with Crippen molar-refractivity contribution in [2.75, 3.05) is 18.4 Å². The Balaban J connectivity index is 2.02. The molecule has 1 atom stereocenters. The molecule has 0 saturated carbocycles. The Hall–Kier alpha value is -1.23. The van der Waals surface area contributed by atoms with Gasteiger partial charge in [0, 0.05) is 30.8 Å². The number of nitrogens with zero attached hydrogens (tertiary/aromatic N) is 1. The molecule has 1 fully saturated rings. The Morgan fingerprint density at radius 3 is 2.45 bits per heavy atom. The molecule has 1 aromatic carbocycles. The third-order valence-electron chi connectivity index (χ3n) is 3.86. The van der Waals surface area contributed by atoms with Gasteiger partial charge in [0.2, 0.25) is 0 Å². The van der Waals surface area contributed by atoms with E-state index in [9.17, 15) is 13.2 Å². The van der Waals surface area contributed by atoms with Crippen LogP contribution in [0.15, 0.2) is 12.1 Å². The summed E-state index contributed by atoms with van der Waals surface area (Å²) in [7, 11) is 0. The van der Waals surface area contributed by atoms with Crippen LogP contribution in [0.5, 0.6) is 0 Å². The largest absolute Gasteiger partial charge is 0.380 e. The number of benzene rings is 1. The summed E-state index contributed by atoms with van der Waals surface area (Å²) < 4.78 is 39.7. The van der Waals surface area contributed by atoms with Gasteiger partial charge in [-0.3, -0.25) is 0 Å². The zero-order valence-electron chi connectivity index (χ0n) is 11.9. The van der Waals surface area contributed by atoms with Crippen LogP contribution in [0.2, 0.25) is 0 Å². The first-order valence-electron chi connectivity index (χ1n) is 7.12. The van der Waals surface area contributed by atoms with E-state index >= 15 is 0 Å². The van der Waals surface area contributed by atoms with Gasteiger partial charge in [0.25, 0.3) is 0 Å². The van der Waals surface area contributed by atoms with Gasteiger partial charge in [-0.1, -0.05) is 0 Å². The molecule has 1 aliphatic heterocycles. The minimum atomic E-state index is -1.15. The van der Waals surface area contributed by atoms with Crippen molar-refractivity contribution in [1.29, 1.82) is 0 Å². The first-order chi connectivity index (χ1) is 9.47. The van der Waals surface area contributed by atoms with Crippen LogP contribution in [0.4, 0.5) is 18.9 Å². The van der Waals surface area contributed by atoms with Crippen LogP contribution in [0.25, 0.3) is 0 Å². The zero-order chi connectivity index (χ0) is 14.7. The number of nitrogens with one attached hydrogen (secondary N) is 1. The summed E-state index contributed by atoms with van der Waals surface area (Å²) in [5.41, 5.74) is 0.0481. The van der Waals surface area contributed by atoms with Crippen LogP contribution >= 0.6 is 0 Å². The lowest BCUT2D eigenvalue weighted by molar-refractivity contribution is 0.230. The molecule has 1 unspecified atom stereocenters. The average molecular weight is 286 g/mol. The fourth-order valence-corrected chi connectivity index (χ4v) is 2.63. The Morgan fingerprint density at radius 1 is 1.05 bits per heavy atom. The standard InChI is InChI=1S/C15H21F3N2/c1-10(2)20-6-3-4-11(5-7-20)19-15-9-13(17)12(16)8-14(15)18/h8-11,19H,3-7H2,1-2H3. The fourth-order valence-electron chi connectivity index (χ4n) is 2.63. The van der Waals surface area contributed by atoms with Gasteiger partial charge in [0.05, 0.1) is 5.69 Å². The topological polar surface area (TPSA) is 15.3 Å². The summed E-state index contributed by atoms with van der Waals surface area (Å²) in [6, 6.07) is 2.08. The molecule has 0 aromatic heterocycles. The van der Waals surface area contributed by atoms with Crippen molar-refractivity contribution in [3.63, 3.8) is 0 Å². The molecular formula is C15H21F3N2. The van der Waals surface area contributed by atoms with Gasteiger partial charge in [0.15, 0.2) is 11.6 Å². The van der Waals surface area contributed by atoms with Crippen molar-refractivity contribution < 1.29 is 13.2 Å². The molecular weight excluding hydrogens is 265 g/mol. The molecule has 0 radical (unpaired) electrons. The second-order valence-corrected chi connectivity index (χ2v) is 5.65. The summed E-state index contributed by atoms with van der Waals surface area (Å²) in [4.78, 5) is 2.38. The van der Waals surface area contributed by atoms with Crippen LogP contribution < -0.4 is 5.32 Å². The molecule has 0 spiro atoms. The maximum atomic E-state index is 13.6. The van der Waals surface area contributed by atoms with Crippen molar-refractivity contribution in [2.45, 2.75) is 45.2 Å². The first kappa shape index (κ1) is 15.2. The second-order valence-electron chi connectivity index (χ2n) is 5.65. The van der Waals surface area contributed by atoms with Gasteiger partial charge in [0.1, 0.15) is 5.82 Å². The first-order valence-corrected chi connectivity index (χ1v) is 7.12. The molecule has 1 aromatic rings. The molecule has 1 aliphatic rings. The van der Waals surface area contributed by atoms with E-state index in [1.807, 2.05) is 0 Å². The van der Waals surface area contributed by atoms with Gasteiger partial charge in [-0.2, -0.15) is 0 Å². The van der Waals surface area contributed by atoms with Gasteiger partial charge in [-0.15, -0.1) is 0 Å². The average Bonchev–Trinajstić information content (AvgIpc) is 2.61. The number of hydrogen-bond acceptors (Lipinski definition) is 2. The lowest BCUT2D eigenvalue weighted by atomic mass is 10.1. The fraction of sp³-hybridized carbons (Fsp3) is 0.600. The predicted molar refractivity (Wildman–Crippen MR) is 74.3 cm³/mol. The van der Waals surface area contributed by atoms with Crippen molar-refractivity contribution >= 4 is 5.69 Å². The Bertz CT molecular complexity index is 463. The lowest BCUT2D eigenvalue weighted by Crippen LogP contribution is -2.32. The van der Waals surface area contributed by atoms with Crippen LogP contribution in [0.1, 0.15) is 33.1 Å². The summed E-state index contributed by atoms with van der Waals surface area (Å²) in [6.07, 6.45) is 2.79. The van der Waals surface area contributed by atoms with E-state index in [2.05, 4.69) is 24.1 Å². The second kappa shape index (κ2) is 6.48. The molecule has 1 N–H and O–H groups in total. The SMILES string of the molecule is CC(C)N1CCCC(Nc2cc(F)c(F)cc2F)CC1. The molecule has 1 saturated heterocycles. The minimum Gasteiger partial charge on any atom is -0.380 e. The number of rotatable bonds is 3. The molecule has 112 valence electrons. The minimum absolute atomic E-state index is 0.0481. The highest BCUT2D eigenvalue weighted by Crippen LogP contribution is 2.22. The Kier molecular flexibility index (Phi) is 4.91. The highest BCUT2D eigenvalue weighted by Gasteiger charge is 2.20. The van der Waals surface area contributed by atoms with Crippen LogP contribution in [0, 0.1) is 17.5 Å². The molecule has 0 amide bonds. The van der Waals surface area contributed by atoms with Crippen LogP contribution in [-0.2, 0) is 0 Å². The summed E-state index contributed by atoms with van der Waals surface area (Å²) in [6.45, 7) is 6.27. The van der Waals surface area contributed by atoms with E-state index in [0.29, 0.717) is 12.1 Å². The molecule has 0 bridgehead atoms. The highest BCUT2D eigenvalue weighted by atomic mass is 19.2. The molecule has 2 rings (SSSR count). The summed E-state index contributed by atoms with van der Waals surface area (Å²) in [5, 5.41) is 3.01. The molecule has 5 heteroatoms. The quantitative estimate of drug-likeness (QED) is 0.851. The number of halogens is 3. The molecule has 20 heavy (non-hydrogen) atoms. The third-order valence-corrected chi connectivity index (χ3v) is 3.86. The number of anilines is 1. The van der Waals surface area contributed by atoms with Crippen LogP contribution in [0.3, 0.4) is 0 Å². The predicted octanol–water partition coefficient (Wildman–Crippen LogP) is 3.78. The van der Waals surface area contributed by atoms with Gasteiger partial charge in [-0.25, -0.2) is 13.2 Å². The van der Waals surface area contributed by atoms with Gasteiger partial charge >= 0.3 is 0 Å². The Labute approximate surface area is 118 Å². The smallest absolute Gasteiger partial charge is 0.161 e.